The number of carbonyl (C=O) groups is 1. The van der Waals surface area contributed by atoms with Crippen LogP contribution in [-0.2, 0) is 11.3 Å². The average molecular weight is 408 g/mol. The minimum absolute atomic E-state index is 0.0129. The van der Waals surface area contributed by atoms with E-state index in [4.69, 9.17) is 27.9 Å². The summed E-state index contributed by atoms with van der Waals surface area (Å²) in [5.74, 6) is 0.452. The number of nitrogens with one attached hydrogen (secondary N) is 2. The van der Waals surface area contributed by atoms with E-state index >= 15 is 0 Å². The molecule has 1 fully saturated rings. The van der Waals surface area contributed by atoms with Crippen molar-refractivity contribution in [1.82, 2.24) is 5.32 Å². The molecular weight excluding hydrogens is 383 g/mol. The van der Waals surface area contributed by atoms with E-state index in [1.807, 2.05) is 31.2 Å². The second kappa shape index (κ2) is 9.45. The number of aryl methyl sites for hydroxylation is 1. The Kier molecular flexibility index (Phi) is 7.00. The topological polar surface area (TPSA) is 42.8 Å². The molecule has 0 unspecified atom stereocenters. The number of likely N-dealkylation sites (tertiary alicyclic amines) is 1. The molecule has 1 saturated heterocycles. The normalized spacial score (nSPS) is 19.5. The summed E-state index contributed by atoms with van der Waals surface area (Å²) in [6.07, 6.45) is 1.94. The first-order valence-corrected chi connectivity index (χ1v) is 10.0. The number of amides is 1. The largest absolute Gasteiger partial charge is 0.482 e. The van der Waals surface area contributed by atoms with Crippen LogP contribution in [0, 0.1) is 6.92 Å². The van der Waals surface area contributed by atoms with Crippen LogP contribution in [0.5, 0.6) is 5.75 Å². The predicted molar refractivity (Wildman–Crippen MR) is 109 cm³/mol. The van der Waals surface area contributed by atoms with E-state index in [1.165, 1.54) is 10.5 Å². The van der Waals surface area contributed by atoms with Gasteiger partial charge in [0.15, 0.2) is 6.61 Å². The molecule has 2 N–H and O–H groups in total. The summed E-state index contributed by atoms with van der Waals surface area (Å²) >= 11 is 12.0. The van der Waals surface area contributed by atoms with Gasteiger partial charge in [0.25, 0.3) is 5.91 Å². The molecule has 0 saturated carbocycles. The van der Waals surface area contributed by atoms with E-state index in [0.29, 0.717) is 10.8 Å². The number of piperidine rings is 1. The van der Waals surface area contributed by atoms with Crippen molar-refractivity contribution >= 4 is 29.1 Å². The van der Waals surface area contributed by atoms with Crippen molar-refractivity contribution in [2.24, 2.45) is 0 Å². The van der Waals surface area contributed by atoms with E-state index in [2.05, 4.69) is 17.4 Å². The zero-order valence-corrected chi connectivity index (χ0v) is 16.9. The fourth-order valence-corrected chi connectivity index (χ4v) is 3.67. The maximum absolute atomic E-state index is 12.2. The van der Waals surface area contributed by atoms with Gasteiger partial charge in [-0.15, -0.1) is 0 Å². The van der Waals surface area contributed by atoms with E-state index < -0.39 is 0 Å². The van der Waals surface area contributed by atoms with Crippen LogP contribution in [0.4, 0.5) is 0 Å². The van der Waals surface area contributed by atoms with Gasteiger partial charge in [0.2, 0.25) is 0 Å². The lowest BCUT2D eigenvalue weighted by Gasteiger charge is -2.29. The van der Waals surface area contributed by atoms with Gasteiger partial charge in [-0.25, -0.2) is 0 Å². The average Bonchev–Trinajstić information content (AvgIpc) is 2.66. The smallest absolute Gasteiger partial charge is 0.258 e. The number of hydrogen-bond acceptors (Lipinski definition) is 2. The molecule has 0 aromatic heterocycles. The third-order valence-electron chi connectivity index (χ3n) is 4.87. The molecule has 0 aliphatic carbocycles. The lowest BCUT2D eigenvalue weighted by molar-refractivity contribution is -0.918. The molecule has 3 rings (SSSR count). The molecule has 1 amide bonds. The van der Waals surface area contributed by atoms with Gasteiger partial charge < -0.3 is 15.0 Å². The van der Waals surface area contributed by atoms with E-state index in [9.17, 15) is 4.79 Å². The highest BCUT2D eigenvalue weighted by molar-refractivity contribution is 6.32. The number of hydrogen-bond donors (Lipinski definition) is 2. The van der Waals surface area contributed by atoms with Gasteiger partial charge in [0, 0.05) is 29.5 Å². The monoisotopic (exact) mass is 407 g/mol. The first-order valence-electron chi connectivity index (χ1n) is 9.26. The third kappa shape index (κ3) is 6.13. The standard InChI is InChI=1S/C21H24Cl2N2O2/c1-15-2-7-19(23)20(12-15)27-14-21(26)24-18-8-10-25(11-9-18)13-16-3-5-17(22)6-4-16/h2-7,12,18H,8-11,13-14H2,1H3,(H,24,26)/p+1. The van der Waals surface area contributed by atoms with Crippen LogP contribution < -0.4 is 15.0 Å². The van der Waals surface area contributed by atoms with Gasteiger partial charge >= 0.3 is 0 Å². The van der Waals surface area contributed by atoms with Gasteiger partial charge in [0.1, 0.15) is 12.3 Å². The van der Waals surface area contributed by atoms with Crippen molar-refractivity contribution in [1.29, 1.82) is 0 Å². The number of rotatable bonds is 6. The second-order valence-electron chi connectivity index (χ2n) is 7.12. The highest BCUT2D eigenvalue weighted by Crippen LogP contribution is 2.25. The first-order chi connectivity index (χ1) is 13.0. The molecule has 1 aliphatic rings. The lowest BCUT2D eigenvalue weighted by atomic mass is 10.0. The summed E-state index contributed by atoms with van der Waals surface area (Å²) < 4.78 is 5.57. The quantitative estimate of drug-likeness (QED) is 0.772. The maximum atomic E-state index is 12.2. The Labute approximate surface area is 170 Å². The number of benzene rings is 2. The first kappa shape index (κ1) is 20.0. The molecule has 0 spiro atoms. The number of quaternary nitrogens is 1. The fraction of sp³-hybridized carbons (Fsp3) is 0.381. The van der Waals surface area contributed by atoms with Gasteiger partial charge in [0.05, 0.1) is 18.1 Å². The molecule has 0 radical (unpaired) electrons. The van der Waals surface area contributed by atoms with Crippen LogP contribution >= 0.6 is 23.2 Å². The fourth-order valence-electron chi connectivity index (χ4n) is 3.37. The Morgan fingerprint density at radius 2 is 1.85 bits per heavy atom. The van der Waals surface area contributed by atoms with Crippen molar-refractivity contribution in [2.75, 3.05) is 19.7 Å². The lowest BCUT2D eigenvalue weighted by Crippen LogP contribution is -3.12. The summed E-state index contributed by atoms with van der Waals surface area (Å²) in [4.78, 5) is 13.7. The van der Waals surface area contributed by atoms with Crippen molar-refractivity contribution in [3.8, 4) is 5.75 Å². The summed E-state index contributed by atoms with van der Waals surface area (Å²) in [5.41, 5.74) is 2.34. The van der Waals surface area contributed by atoms with E-state index in [0.717, 1.165) is 43.1 Å². The maximum Gasteiger partial charge on any atom is 0.258 e. The minimum atomic E-state index is -0.0984. The Balaban J connectivity index is 1.40. The molecule has 1 aliphatic heterocycles. The van der Waals surface area contributed by atoms with Crippen molar-refractivity contribution < 1.29 is 14.4 Å². The highest BCUT2D eigenvalue weighted by Gasteiger charge is 2.23. The summed E-state index contributed by atoms with van der Waals surface area (Å²) in [5, 5.41) is 4.37. The van der Waals surface area contributed by atoms with Crippen LogP contribution in [0.1, 0.15) is 24.0 Å². The summed E-state index contributed by atoms with van der Waals surface area (Å²) in [6, 6.07) is 13.8. The summed E-state index contributed by atoms with van der Waals surface area (Å²) in [7, 11) is 0. The molecule has 1 heterocycles. The second-order valence-corrected chi connectivity index (χ2v) is 7.96. The zero-order valence-electron chi connectivity index (χ0n) is 15.4. The van der Waals surface area contributed by atoms with Gasteiger partial charge in [-0.05, 0) is 36.8 Å². The van der Waals surface area contributed by atoms with Gasteiger partial charge in [-0.2, -0.15) is 0 Å². The Morgan fingerprint density at radius 1 is 1.15 bits per heavy atom. The minimum Gasteiger partial charge on any atom is -0.482 e. The molecule has 0 bridgehead atoms. The summed E-state index contributed by atoms with van der Waals surface area (Å²) in [6.45, 7) is 5.02. The van der Waals surface area contributed by atoms with E-state index in [-0.39, 0.29) is 18.6 Å². The van der Waals surface area contributed by atoms with Crippen molar-refractivity contribution in [2.45, 2.75) is 32.4 Å². The highest BCUT2D eigenvalue weighted by atomic mass is 35.5. The zero-order chi connectivity index (χ0) is 19.2. The number of halogens is 2. The molecule has 2 aromatic carbocycles. The van der Waals surface area contributed by atoms with E-state index in [1.54, 1.807) is 6.07 Å². The van der Waals surface area contributed by atoms with Crippen LogP contribution in [0.25, 0.3) is 0 Å². The molecule has 6 heteroatoms. The van der Waals surface area contributed by atoms with Crippen LogP contribution in [-0.4, -0.2) is 31.6 Å². The Bertz CT molecular complexity index is 772. The molecule has 4 nitrogen and oxygen atoms in total. The SMILES string of the molecule is Cc1ccc(Cl)c(OCC(=O)NC2CC[NH+](Cc3ccc(Cl)cc3)CC2)c1. The van der Waals surface area contributed by atoms with Crippen LogP contribution in [0.3, 0.4) is 0 Å². The number of ether oxygens (including phenoxy) is 1. The van der Waals surface area contributed by atoms with Gasteiger partial charge in [-0.3, -0.25) is 4.79 Å². The predicted octanol–water partition coefficient (Wildman–Crippen LogP) is 3.04. The van der Waals surface area contributed by atoms with Gasteiger partial charge in [-0.1, -0.05) is 41.4 Å². The van der Waals surface area contributed by atoms with Crippen LogP contribution in [0.15, 0.2) is 42.5 Å². The van der Waals surface area contributed by atoms with Crippen LogP contribution in [0.2, 0.25) is 10.0 Å². The molecule has 2 aromatic rings. The molecule has 0 atom stereocenters. The number of carbonyl (C=O) groups excluding carboxylic acids is 1. The van der Waals surface area contributed by atoms with Crippen molar-refractivity contribution in [3.63, 3.8) is 0 Å². The molecular formula is C21H25Cl2N2O2+. The molecule has 144 valence electrons. The Hall–Kier alpha value is -1.75. The van der Waals surface area contributed by atoms with Crippen molar-refractivity contribution in [3.05, 3.63) is 63.6 Å². The third-order valence-corrected chi connectivity index (χ3v) is 5.43. The molecule has 27 heavy (non-hydrogen) atoms. The Morgan fingerprint density at radius 3 is 2.56 bits per heavy atom.